The smallest absolute Gasteiger partial charge is 0.222 e. The van der Waals surface area contributed by atoms with Gasteiger partial charge in [0, 0.05) is 19.6 Å². The number of unbranched alkanes of at least 4 members (excludes halogenated alkanes) is 9. The molecule has 0 aliphatic heterocycles. The lowest BCUT2D eigenvalue weighted by Crippen LogP contribution is -2.33. The van der Waals surface area contributed by atoms with Crippen LogP contribution >= 0.6 is 0 Å². The van der Waals surface area contributed by atoms with Gasteiger partial charge < -0.3 is 15.3 Å². The molecule has 4 nitrogen and oxygen atoms in total. The summed E-state index contributed by atoms with van der Waals surface area (Å²) >= 11 is 0. The fourth-order valence-corrected chi connectivity index (χ4v) is 3.11. The van der Waals surface area contributed by atoms with Crippen molar-refractivity contribution in [2.75, 3.05) is 33.3 Å². The van der Waals surface area contributed by atoms with Gasteiger partial charge in [0.1, 0.15) is 0 Å². The average Bonchev–Trinajstić information content (AvgIpc) is 2.75. The molecular weight excluding hydrogens is 360 g/mol. The summed E-state index contributed by atoms with van der Waals surface area (Å²) in [6.07, 6.45) is 24.0. The van der Waals surface area contributed by atoms with E-state index in [1.807, 2.05) is 13.8 Å². The third kappa shape index (κ3) is 26.9. The average molecular weight is 413 g/mol. The topological polar surface area (TPSA) is 52.6 Å². The second kappa shape index (κ2) is 29.2. The summed E-state index contributed by atoms with van der Waals surface area (Å²) in [6, 6.07) is 0. The van der Waals surface area contributed by atoms with Crippen LogP contribution in [0, 0.1) is 18.8 Å². The molecule has 0 spiro atoms. The van der Waals surface area contributed by atoms with Crippen LogP contribution in [0.2, 0.25) is 0 Å². The standard InChI is InChI=1S/C22H46N2O.C2H2.CH4O/c1-5-7-9-11-13-15-19-24(18-14-12-10-8-6-2)20-16-17-23-22(25)21(3)4;2*1-2/h21H,5-20H2,1-4H3,(H,23,25);1-2H;2H,1H3. The lowest BCUT2D eigenvalue weighted by Gasteiger charge is -2.22. The zero-order chi connectivity index (χ0) is 22.8. The van der Waals surface area contributed by atoms with E-state index in [0.29, 0.717) is 0 Å². The van der Waals surface area contributed by atoms with E-state index in [2.05, 4.69) is 36.9 Å². The van der Waals surface area contributed by atoms with Gasteiger partial charge in [-0.1, -0.05) is 85.5 Å². The molecule has 1 amide bonds. The Morgan fingerprint density at radius 3 is 1.55 bits per heavy atom. The number of amides is 1. The second-order valence-electron chi connectivity index (χ2n) is 7.82. The molecule has 4 heteroatoms. The van der Waals surface area contributed by atoms with Crippen LogP contribution in [-0.4, -0.2) is 49.2 Å². The van der Waals surface area contributed by atoms with Gasteiger partial charge in [-0.15, -0.1) is 12.8 Å². The van der Waals surface area contributed by atoms with Gasteiger partial charge in [0.05, 0.1) is 0 Å². The Kier molecular flexibility index (Phi) is 32.8. The van der Waals surface area contributed by atoms with E-state index in [0.717, 1.165) is 26.6 Å². The highest BCUT2D eigenvalue weighted by Gasteiger charge is 2.07. The predicted octanol–water partition coefficient (Wildman–Crippen LogP) is 5.64. The Morgan fingerprint density at radius 1 is 0.759 bits per heavy atom. The minimum atomic E-state index is 0.0952. The zero-order valence-electron chi connectivity index (χ0n) is 20.3. The van der Waals surface area contributed by atoms with E-state index in [4.69, 9.17) is 5.11 Å². The van der Waals surface area contributed by atoms with E-state index in [9.17, 15) is 4.79 Å². The molecule has 0 aliphatic rings. The van der Waals surface area contributed by atoms with Crippen molar-refractivity contribution in [2.24, 2.45) is 5.92 Å². The van der Waals surface area contributed by atoms with Crippen molar-refractivity contribution in [2.45, 2.75) is 105 Å². The van der Waals surface area contributed by atoms with Crippen LogP contribution in [-0.2, 0) is 4.79 Å². The molecule has 0 atom stereocenters. The number of nitrogens with one attached hydrogen (secondary N) is 1. The molecule has 0 aromatic carbocycles. The first kappa shape index (κ1) is 32.6. The lowest BCUT2D eigenvalue weighted by molar-refractivity contribution is -0.123. The molecule has 174 valence electrons. The van der Waals surface area contributed by atoms with E-state index in [1.54, 1.807) is 0 Å². The van der Waals surface area contributed by atoms with Crippen LogP contribution in [0.4, 0.5) is 0 Å². The van der Waals surface area contributed by atoms with E-state index < -0.39 is 0 Å². The molecule has 0 aromatic rings. The summed E-state index contributed by atoms with van der Waals surface area (Å²) in [5.41, 5.74) is 0. The van der Waals surface area contributed by atoms with Crippen LogP contribution in [0.3, 0.4) is 0 Å². The van der Waals surface area contributed by atoms with E-state index in [1.165, 1.54) is 83.7 Å². The Labute approximate surface area is 183 Å². The van der Waals surface area contributed by atoms with Gasteiger partial charge >= 0.3 is 0 Å². The number of nitrogens with zero attached hydrogens (tertiary/aromatic N) is 1. The third-order valence-electron chi connectivity index (χ3n) is 4.88. The van der Waals surface area contributed by atoms with Crippen molar-refractivity contribution in [1.29, 1.82) is 0 Å². The Bertz CT molecular complexity index is 330. The summed E-state index contributed by atoms with van der Waals surface area (Å²) < 4.78 is 0. The monoisotopic (exact) mass is 412 g/mol. The van der Waals surface area contributed by atoms with Crippen LogP contribution < -0.4 is 5.32 Å². The van der Waals surface area contributed by atoms with E-state index >= 15 is 0 Å². The SMILES string of the molecule is C#C.CCCCCCCCN(CCCCCCC)CCCNC(=O)C(C)C.CO. The number of terminal acetylenes is 1. The van der Waals surface area contributed by atoms with Crippen molar-refractivity contribution < 1.29 is 9.90 Å². The van der Waals surface area contributed by atoms with Crippen LogP contribution in [0.15, 0.2) is 0 Å². The number of aliphatic hydroxyl groups is 1. The maximum atomic E-state index is 11.6. The van der Waals surface area contributed by atoms with Gasteiger partial charge in [-0.2, -0.15) is 0 Å². The van der Waals surface area contributed by atoms with Crippen LogP contribution in [0.25, 0.3) is 0 Å². The van der Waals surface area contributed by atoms with Gasteiger partial charge in [-0.05, 0) is 38.9 Å². The molecule has 0 fully saturated rings. The van der Waals surface area contributed by atoms with Gasteiger partial charge in [-0.3, -0.25) is 4.79 Å². The number of hydrogen-bond acceptors (Lipinski definition) is 3. The first-order chi connectivity index (χ1) is 14.1. The first-order valence-corrected chi connectivity index (χ1v) is 11.9. The van der Waals surface area contributed by atoms with Crippen molar-refractivity contribution in [3.8, 4) is 12.8 Å². The normalized spacial score (nSPS) is 10.1. The molecule has 0 rings (SSSR count). The van der Waals surface area contributed by atoms with Crippen molar-refractivity contribution in [3.05, 3.63) is 0 Å². The van der Waals surface area contributed by atoms with Gasteiger partial charge in [0.25, 0.3) is 0 Å². The summed E-state index contributed by atoms with van der Waals surface area (Å²) in [7, 11) is 1.00. The molecule has 29 heavy (non-hydrogen) atoms. The zero-order valence-corrected chi connectivity index (χ0v) is 20.3. The third-order valence-corrected chi connectivity index (χ3v) is 4.88. The molecule has 2 N–H and O–H groups in total. The van der Waals surface area contributed by atoms with Crippen molar-refractivity contribution >= 4 is 5.91 Å². The molecule has 0 aromatic heterocycles. The lowest BCUT2D eigenvalue weighted by atomic mass is 10.1. The fraction of sp³-hybridized carbons (Fsp3) is 0.880. The van der Waals surface area contributed by atoms with E-state index in [-0.39, 0.29) is 11.8 Å². The number of aliphatic hydroxyl groups excluding tert-OH is 1. The Balaban J connectivity index is -0.00000158. The number of hydrogen-bond donors (Lipinski definition) is 2. The van der Waals surface area contributed by atoms with Gasteiger partial charge in [-0.25, -0.2) is 0 Å². The molecule has 0 saturated heterocycles. The molecule has 0 unspecified atom stereocenters. The molecule has 0 bridgehead atoms. The largest absolute Gasteiger partial charge is 0.400 e. The molecular formula is C25H52N2O2. The van der Waals surface area contributed by atoms with Crippen molar-refractivity contribution in [3.63, 3.8) is 0 Å². The van der Waals surface area contributed by atoms with Gasteiger partial charge in [0.15, 0.2) is 0 Å². The molecule has 0 saturated carbocycles. The first-order valence-electron chi connectivity index (χ1n) is 11.9. The molecule has 0 aliphatic carbocycles. The highest BCUT2D eigenvalue weighted by Crippen LogP contribution is 2.08. The van der Waals surface area contributed by atoms with Gasteiger partial charge in [0.2, 0.25) is 5.91 Å². The van der Waals surface area contributed by atoms with Crippen LogP contribution in [0.1, 0.15) is 105 Å². The minimum absolute atomic E-state index is 0.0952. The number of carbonyl (C=O) groups is 1. The second-order valence-corrected chi connectivity index (χ2v) is 7.82. The summed E-state index contributed by atoms with van der Waals surface area (Å²) in [4.78, 5) is 14.3. The fourth-order valence-electron chi connectivity index (χ4n) is 3.11. The van der Waals surface area contributed by atoms with Crippen LogP contribution in [0.5, 0.6) is 0 Å². The predicted molar refractivity (Wildman–Crippen MR) is 129 cm³/mol. The highest BCUT2D eigenvalue weighted by atomic mass is 16.2. The van der Waals surface area contributed by atoms with Crippen molar-refractivity contribution in [1.82, 2.24) is 10.2 Å². The summed E-state index contributed by atoms with van der Waals surface area (Å²) in [5, 5.41) is 10.0. The minimum Gasteiger partial charge on any atom is -0.400 e. The maximum Gasteiger partial charge on any atom is 0.222 e. The highest BCUT2D eigenvalue weighted by molar-refractivity contribution is 5.77. The summed E-state index contributed by atoms with van der Waals surface area (Å²) in [6.45, 7) is 12.9. The summed E-state index contributed by atoms with van der Waals surface area (Å²) in [5.74, 6) is 0.278. The molecule has 0 heterocycles. The molecule has 0 radical (unpaired) electrons. The number of carbonyl (C=O) groups excluding carboxylic acids is 1. The number of rotatable bonds is 18. The maximum absolute atomic E-state index is 11.6. The Hall–Kier alpha value is -1.05. The Morgan fingerprint density at radius 2 is 1.14 bits per heavy atom. The quantitative estimate of drug-likeness (QED) is 0.226.